The van der Waals surface area contributed by atoms with Crippen molar-refractivity contribution < 1.29 is 18.0 Å². The fourth-order valence-corrected chi connectivity index (χ4v) is 3.91. The van der Waals surface area contributed by atoms with E-state index in [4.69, 9.17) is 5.73 Å². The maximum atomic E-state index is 12.6. The number of carbonyl (C=O) groups excluding carboxylic acids is 1. The molecule has 0 bridgehead atoms. The second kappa shape index (κ2) is 7.93. The number of carbonyl (C=O) groups is 1. The second-order valence-corrected chi connectivity index (χ2v) is 6.65. The van der Waals surface area contributed by atoms with Crippen LogP contribution in [0.3, 0.4) is 0 Å². The number of hydrogen-bond donors (Lipinski definition) is 1. The Morgan fingerprint density at radius 1 is 1.16 bits per heavy atom. The summed E-state index contributed by atoms with van der Waals surface area (Å²) in [5, 5.41) is 0. The molecule has 3 atom stereocenters. The SMILES string of the molecule is Cl.NC[C@@H]1CN(C2CCN(CC(F)(F)F)C2=O)C[C@H]1c1ccccc1. The highest BCUT2D eigenvalue weighted by atomic mass is 35.5. The molecule has 25 heavy (non-hydrogen) atoms. The van der Waals surface area contributed by atoms with E-state index in [1.807, 2.05) is 35.2 Å². The molecule has 2 saturated heterocycles. The predicted molar refractivity (Wildman–Crippen MR) is 91.6 cm³/mol. The summed E-state index contributed by atoms with van der Waals surface area (Å²) >= 11 is 0. The van der Waals surface area contributed by atoms with E-state index in [1.54, 1.807) is 0 Å². The van der Waals surface area contributed by atoms with E-state index in [9.17, 15) is 18.0 Å². The molecule has 0 saturated carbocycles. The van der Waals surface area contributed by atoms with E-state index in [1.165, 1.54) is 5.56 Å². The average Bonchev–Trinajstić information content (AvgIpc) is 3.11. The van der Waals surface area contributed by atoms with Crippen molar-refractivity contribution in [1.82, 2.24) is 9.80 Å². The van der Waals surface area contributed by atoms with Crippen LogP contribution < -0.4 is 5.73 Å². The third kappa shape index (κ3) is 4.46. The van der Waals surface area contributed by atoms with Gasteiger partial charge in [0.15, 0.2) is 0 Å². The van der Waals surface area contributed by atoms with Gasteiger partial charge in [-0.05, 0) is 24.4 Å². The van der Waals surface area contributed by atoms with Gasteiger partial charge in [-0.2, -0.15) is 13.2 Å². The molecule has 3 rings (SSSR count). The summed E-state index contributed by atoms with van der Waals surface area (Å²) in [6, 6.07) is 9.53. The Balaban J connectivity index is 0.00000225. The number of hydrogen-bond acceptors (Lipinski definition) is 3. The largest absolute Gasteiger partial charge is 0.406 e. The smallest absolute Gasteiger partial charge is 0.332 e. The predicted octanol–water partition coefficient (Wildman–Crippen LogP) is 2.25. The molecular weight excluding hydrogens is 355 g/mol. The Bertz CT molecular complexity index is 584. The average molecular weight is 378 g/mol. The Morgan fingerprint density at radius 3 is 2.44 bits per heavy atom. The fraction of sp³-hybridized carbons (Fsp3) is 0.588. The highest BCUT2D eigenvalue weighted by Crippen LogP contribution is 2.35. The van der Waals surface area contributed by atoms with Crippen LogP contribution in [-0.4, -0.2) is 60.6 Å². The molecule has 0 aromatic heterocycles. The minimum atomic E-state index is -4.35. The van der Waals surface area contributed by atoms with Gasteiger partial charge < -0.3 is 10.6 Å². The molecule has 2 fully saturated rings. The molecule has 0 radical (unpaired) electrons. The number of alkyl halides is 3. The zero-order valence-corrected chi connectivity index (χ0v) is 14.6. The van der Waals surface area contributed by atoms with Gasteiger partial charge in [-0.15, -0.1) is 12.4 Å². The zero-order chi connectivity index (χ0) is 17.3. The molecule has 1 aromatic carbocycles. The molecule has 1 unspecified atom stereocenters. The molecule has 2 heterocycles. The minimum Gasteiger partial charge on any atom is -0.332 e. The Hall–Kier alpha value is -1.31. The lowest BCUT2D eigenvalue weighted by molar-refractivity contribution is -0.159. The van der Waals surface area contributed by atoms with E-state index in [0.29, 0.717) is 26.1 Å². The van der Waals surface area contributed by atoms with E-state index in [0.717, 1.165) is 4.90 Å². The number of likely N-dealkylation sites (tertiary alicyclic amines) is 2. The van der Waals surface area contributed by atoms with Crippen molar-refractivity contribution in [3.63, 3.8) is 0 Å². The molecule has 8 heteroatoms. The molecule has 2 N–H and O–H groups in total. The summed E-state index contributed by atoms with van der Waals surface area (Å²) in [7, 11) is 0. The first kappa shape index (κ1) is 20.0. The topological polar surface area (TPSA) is 49.6 Å². The number of halogens is 4. The zero-order valence-electron chi connectivity index (χ0n) is 13.8. The number of rotatable bonds is 4. The normalized spacial score (nSPS) is 27.6. The number of amides is 1. The van der Waals surface area contributed by atoms with Crippen LogP contribution in [0.1, 0.15) is 17.9 Å². The third-order valence-corrected chi connectivity index (χ3v) is 5.08. The van der Waals surface area contributed by atoms with Gasteiger partial charge >= 0.3 is 6.18 Å². The highest BCUT2D eigenvalue weighted by Gasteiger charge is 2.45. The first-order valence-corrected chi connectivity index (χ1v) is 8.23. The molecule has 2 aliphatic heterocycles. The van der Waals surface area contributed by atoms with Crippen LogP contribution in [-0.2, 0) is 4.79 Å². The minimum absolute atomic E-state index is 0. The quantitative estimate of drug-likeness (QED) is 0.875. The van der Waals surface area contributed by atoms with Crippen LogP contribution in [0.5, 0.6) is 0 Å². The van der Waals surface area contributed by atoms with Crippen molar-refractivity contribution in [3.05, 3.63) is 35.9 Å². The molecule has 0 aliphatic carbocycles. The Morgan fingerprint density at radius 2 is 1.84 bits per heavy atom. The summed E-state index contributed by atoms with van der Waals surface area (Å²) < 4.78 is 37.7. The maximum absolute atomic E-state index is 12.6. The first-order chi connectivity index (χ1) is 11.4. The van der Waals surface area contributed by atoms with Gasteiger partial charge in [0.25, 0.3) is 0 Å². The molecule has 1 amide bonds. The molecule has 140 valence electrons. The lowest BCUT2D eigenvalue weighted by Gasteiger charge is -2.24. The van der Waals surface area contributed by atoms with Crippen LogP contribution >= 0.6 is 12.4 Å². The van der Waals surface area contributed by atoms with Crippen molar-refractivity contribution in [3.8, 4) is 0 Å². The summed E-state index contributed by atoms with van der Waals surface area (Å²) in [4.78, 5) is 15.3. The molecule has 1 aromatic rings. The third-order valence-electron chi connectivity index (χ3n) is 5.08. The lowest BCUT2D eigenvalue weighted by Crippen LogP contribution is -2.43. The van der Waals surface area contributed by atoms with E-state index in [-0.39, 0.29) is 30.8 Å². The van der Waals surface area contributed by atoms with E-state index < -0.39 is 24.7 Å². The van der Waals surface area contributed by atoms with E-state index >= 15 is 0 Å². The van der Waals surface area contributed by atoms with Crippen molar-refractivity contribution >= 4 is 18.3 Å². The maximum Gasteiger partial charge on any atom is 0.406 e. The van der Waals surface area contributed by atoms with Gasteiger partial charge in [-0.25, -0.2) is 0 Å². The Labute approximate surface area is 151 Å². The van der Waals surface area contributed by atoms with Crippen LogP contribution in [0.2, 0.25) is 0 Å². The highest BCUT2D eigenvalue weighted by molar-refractivity contribution is 5.85. The number of nitrogens with two attached hydrogens (primary N) is 1. The van der Waals surface area contributed by atoms with Gasteiger partial charge in [0.05, 0.1) is 6.04 Å². The fourth-order valence-electron chi connectivity index (χ4n) is 3.91. The van der Waals surface area contributed by atoms with Crippen LogP contribution in [0.15, 0.2) is 30.3 Å². The van der Waals surface area contributed by atoms with Crippen molar-refractivity contribution in [2.75, 3.05) is 32.7 Å². The van der Waals surface area contributed by atoms with Gasteiger partial charge in [0, 0.05) is 25.6 Å². The lowest BCUT2D eigenvalue weighted by atomic mass is 9.89. The van der Waals surface area contributed by atoms with Gasteiger partial charge in [0.1, 0.15) is 6.54 Å². The van der Waals surface area contributed by atoms with Gasteiger partial charge in [-0.3, -0.25) is 9.69 Å². The van der Waals surface area contributed by atoms with Crippen LogP contribution in [0.25, 0.3) is 0 Å². The number of benzene rings is 1. The molecule has 2 aliphatic rings. The monoisotopic (exact) mass is 377 g/mol. The summed E-state index contributed by atoms with van der Waals surface area (Å²) in [6.07, 6.45) is -3.89. The van der Waals surface area contributed by atoms with Gasteiger partial charge in [0.2, 0.25) is 5.91 Å². The second-order valence-electron chi connectivity index (χ2n) is 6.65. The summed E-state index contributed by atoms with van der Waals surface area (Å²) in [6.45, 7) is 0.846. The summed E-state index contributed by atoms with van der Waals surface area (Å²) in [5.74, 6) is 0.0364. The first-order valence-electron chi connectivity index (χ1n) is 8.23. The van der Waals surface area contributed by atoms with E-state index in [2.05, 4.69) is 0 Å². The van der Waals surface area contributed by atoms with Crippen LogP contribution in [0.4, 0.5) is 13.2 Å². The molecular formula is C17H23ClF3N3O. The summed E-state index contributed by atoms with van der Waals surface area (Å²) in [5.41, 5.74) is 7.07. The molecule has 4 nitrogen and oxygen atoms in total. The van der Waals surface area contributed by atoms with Crippen molar-refractivity contribution in [2.45, 2.75) is 24.6 Å². The molecule has 0 spiro atoms. The van der Waals surface area contributed by atoms with Crippen molar-refractivity contribution in [2.24, 2.45) is 11.7 Å². The Kier molecular flexibility index (Phi) is 6.35. The van der Waals surface area contributed by atoms with Crippen LogP contribution in [0, 0.1) is 5.92 Å². The van der Waals surface area contributed by atoms with Crippen molar-refractivity contribution in [1.29, 1.82) is 0 Å². The standard InChI is InChI=1S/C17H22F3N3O.ClH/c18-17(19,20)11-22-7-6-15(16(22)24)23-9-13(8-21)14(10-23)12-4-2-1-3-5-12;/h1-5,13-15H,6-11,21H2;1H/t13-,14+,15?;/m1./s1. The van der Waals surface area contributed by atoms with Gasteiger partial charge in [-0.1, -0.05) is 30.3 Å². The number of nitrogens with zero attached hydrogens (tertiary/aromatic N) is 2.